The number of nitrogens with one attached hydrogen (secondary N) is 1. The molecule has 1 aromatic heterocycles. The predicted molar refractivity (Wildman–Crippen MR) is 67.8 cm³/mol. The molecule has 2 aromatic carbocycles. The summed E-state index contributed by atoms with van der Waals surface area (Å²) in [6.07, 6.45) is 0. The van der Waals surface area contributed by atoms with Gasteiger partial charge in [-0.25, -0.2) is 4.79 Å². The molecule has 0 spiro atoms. The lowest BCUT2D eigenvalue weighted by molar-refractivity contribution is 1.12. The number of hydrogen-bond acceptors (Lipinski definition) is 2. The number of aromatic amines is 1. The van der Waals surface area contributed by atoms with Gasteiger partial charge in [0, 0.05) is 10.9 Å². The Bertz CT molecular complexity index is 938. The summed E-state index contributed by atoms with van der Waals surface area (Å²) in [5, 5.41) is 0.514. The van der Waals surface area contributed by atoms with Crippen molar-refractivity contribution in [3.05, 3.63) is 65.0 Å². The van der Waals surface area contributed by atoms with Crippen LogP contribution in [0, 0.1) is 0 Å². The molecule has 3 rings (SSSR count). The van der Waals surface area contributed by atoms with Gasteiger partial charge in [0.15, 0.2) is 0 Å². The molecule has 0 saturated carbocycles. The number of hydrogen-bond donors (Lipinski definition) is 1. The summed E-state index contributed by atoms with van der Waals surface area (Å²) in [6, 6.07) is 4.64. The number of H-pyrrole nitrogens is 1. The minimum Gasteiger partial charge on any atom is -0.305 e. The van der Waals surface area contributed by atoms with Crippen molar-refractivity contribution in [3.8, 4) is 11.3 Å². The zero-order chi connectivity index (χ0) is 16.0. The van der Waals surface area contributed by atoms with Crippen LogP contribution in [0.25, 0.3) is 22.2 Å². The maximum atomic E-state index is 11.7. The second kappa shape index (κ2) is 3.87. The summed E-state index contributed by atoms with van der Waals surface area (Å²) in [5.74, 6) is 0. The van der Waals surface area contributed by atoms with E-state index in [4.69, 9.17) is 6.85 Å². The molecule has 0 saturated heterocycles. The maximum absolute atomic E-state index is 11.7. The number of benzene rings is 2. The molecule has 0 radical (unpaired) electrons. The largest absolute Gasteiger partial charge is 0.345 e. The molecule has 0 bridgehead atoms. The smallest absolute Gasteiger partial charge is 0.305 e. The van der Waals surface area contributed by atoms with Crippen LogP contribution in [0.1, 0.15) is 6.85 Å². The third-order valence-corrected chi connectivity index (χ3v) is 2.37. The van der Waals surface area contributed by atoms with Crippen LogP contribution in [0.3, 0.4) is 0 Å². The van der Waals surface area contributed by atoms with E-state index < -0.39 is 23.8 Å². The molecule has 0 fully saturated rings. The third-order valence-electron chi connectivity index (χ3n) is 2.37. The van der Waals surface area contributed by atoms with Crippen molar-refractivity contribution in [1.82, 2.24) is 9.97 Å². The minimum absolute atomic E-state index is 0.0756. The normalized spacial score (nSPS) is 14.7. The highest BCUT2D eigenvalue weighted by atomic mass is 16.1. The molecule has 0 atom stereocenters. The summed E-state index contributed by atoms with van der Waals surface area (Å²) >= 11 is 0. The van der Waals surface area contributed by atoms with Crippen LogP contribution in [0.15, 0.2) is 59.3 Å². The van der Waals surface area contributed by atoms with E-state index in [1.54, 1.807) is 24.3 Å². The van der Waals surface area contributed by atoms with Crippen LogP contribution >= 0.6 is 0 Å². The number of rotatable bonds is 1. The van der Waals surface area contributed by atoms with Gasteiger partial charge in [-0.1, -0.05) is 48.4 Å². The maximum Gasteiger partial charge on any atom is 0.345 e. The van der Waals surface area contributed by atoms with Gasteiger partial charge in [0.05, 0.1) is 18.1 Å². The van der Waals surface area contributed by atoms with Crippen LogP contribution in [-0.4, -0.2) is 9.97 Å². The molecule has 0 aliphatic carbocycles. The second-order valence-electron chi connectivity index (χ2n) is 3.44. The SMILES string of the molecule is [2H]c1c([2H])c([2H])c(-c2nc(=O)[nH]c3ccccc23)c([2H])c1[2H]. The molecule has 1 N–H and O–H groups in total. The molecule has 3 heteroatoms. The van der Waals surface area contributed by atoms with Crippen molar-refractivity contribution >= 4 is 10.9 Å². The van der Waals surface area contributed by atoms with Gasteiger partial charge in [0.2, 0.25) is 0 Å². The first-order chi connectivity index (χ1) is 10.4. The molecule has 0 unspecified atom stereocenters. The van der Waals surface area contributed by atoms with Crippen molar-refractivity contribution in [3.63, 3.8) is 0 Å². The highest BCUT2D eigenvalue weighted by Gasteiger charge is 2.05. The van der Waals surface area contributed by atoms with Crippen LogP contribution < -0.4 is 5.69 Å². The Balaban J connectivity index is 2.51. The Labute approximate surface area is 105 Å². The van der Waals surface area contributed by atoms with E-state index >= 15 is 0 Å². The van der Waals surface area contributed by atoms with Crippen LogP contribution in [0.2, 0.25) is 0 Å². The van der Waals surface area contributed by atoms with Crippen molar-refractivity contribution in [2.24, 2.45) is 0 Å². The van der Waals surface area contributed by atoms with Gasteiger partial charge >= 0.3 is 5.69 Å². The van der Waals surface area contributed by atoms with Gasteiger partial charge in [-0.3, -0.25) is 0 Å². The highest BCUT2D eigenvalue weighted by Crippen LogP contribution is 2.23. The third kappa shape index (κ3) is 1.72. The molecule has 0 aliphatic heterocycles. The van der Waals surface area contributed by atoms with E-state index in [-0.39, 0.29) is 23.3 Å². The summed E-state index contributed by atoms with van der Waals surface area (Å²) in [7, 11) is 0. The fourth-order valence-electron chi connectivity index (χ4n) is 1.66. The first-order valence-electron chi connectivity index (χ1n) is 7.48. The van der Waals surface area contributed by atoms with Crippen molar-refractivity contribution in [2.45, 2.75) is 0 Å². The van der Waals surface area contributed by atoms with Gasteiger partial charge in [-0.05, 0) is 6.07 Å². The van der Waals surface area contributed by atoms with Gasteiger partial charge in [0.25, 0.3) is 0 Å². The van der Waals surface area contributed by atoms with E-state index in [0.29, 0.717) is 10.9 Å². The van der Waals surface area contributed by atoms with Gasteiger partial charge in [-0.15, -0.1) is 0 Å². The average Bonchev–Trinajstić information content (AvgIpc) is 2.51. The molecule has 82 valence electrons. The lowest BCUT2D eigenvalue weighted by Crippen LogP contribution is -2.11. The minimum atomic E-state index is -0.638. The Morgan fingerprint density at radius 3 is 2.71 bits per heavy atom. The van der Waals surface area contributed by atoms with E-state index in [1.807, 2.05) is 0 Å². The Kier molecular flexibility index (Phi) is 1.31. The Morgan fingerprint density at radius 2 is 1.88 bits per heavy atom. The molecule has 1 heterocycles. The second-order valence-corrected chi connectivity index (χ2v) is 3.44. The van der Waals surface area contributed by atoms with Crippen LogP contribution in [0.5, 0.6) is 0 Å². The van der Waals surface area contributed by atoms with E-state index in [0.717, 1.165) is 0 Å². The summed E-state index contributed by atoms with van der Waals surface area (Å²) < 4.78 is 39.1. The van der Waals surface area contributed by atoms with E-state index in [9.17, 15) is 4.79 Å². The molecule has 3 nitrogen and oxygen atoms in total. The first kappa shape index (κ1) is 5.77. The summed E-state index contributed by atoms with van der Waals surface area (Å²) in [4.78, 5) is 18.1. The highest BCUT2D eigenvalue weighted by molar-refractivity contribution is 5.91. The zero-order valence-electron chi connectivity index (χ0n) is 13.7. The molecular weight excluding hydrogens is 212 g/mol. The van der Waals surface area contributed by atoms with Crippen molar-refractivity contribution in [1.29, 1.82) is 0 Å². The molecule has 3 aromatic rings. The lowest BCUT2D eigenvalue weighted by atomic mass is 10.1. The summed E-state index contributed by atoms with van der Waals surface area (Å²) in [5.41, 5.74) is -0.144. The van der Waals surface area contributed by atoms with Crippen molar-refractivity contribution < 1.29 is 6.85 Å². The fraction of sp³-hybridized carbons (Fsp3) is 0. The predicted octanol–water partition coefficient (Wildman–Crippen LogP) is 2.59. The van der Waals surface area contributed by atoms with Crippen LogP contribution in [0.4, 0.5) is 0 Å². The molecule has 0 aliphatic rings. The van der Waals surface area contributed by atoms with Gasteiger partial charge < -0.3 is 4.98 Å². The first-order valence-corrected chi connectivity index (χ1v) is 4.98. The topological polar surface area (TPSA) is 45.8 Å². The Hall–Kier alpha value is -2.42. The van der Waals surface area contributed by atoms with Crippen LogP contribution in [-0.2, 0) is 0 Å². The Morgan fingerprint density at radius 1 is 1.12 bits per heavy atom. The van der Waals surface area contributed by atoms with Gasteiger partial charge in [0.1, 0.15) is 0 Å². The average molecular weight is 227 g/mol. The number of nitrogens with zero attached hydrogens (tertiary/aromatic N) is 1. The van der Waals surface area contributed by atoms with Gasteiger partial charge in [-0.2, -0.15) is 4.98 Å². The molecular formula is C14H10N2O. The molecule has 17 heavy (non-hydrogen) atoms. The molecule has 0 amide bonds. The quantitative estimate of drug-likeness (QED) is 0.694. The van der Waals surface area contributed by atoms with E-state index in [1.165, 1.54) is 0 Å². The van der Waals surface area contributed by atoms with E-state index in [2.05, 4.69) is 9.97 Å². The standard InChI is InChI=1S/C14H10N2O/c17-14-15-12-9-5-4-8-11(12)13(16-14)10-6-2-1-3-7-10/h1-9H,(H,15,16,17)/i1D,2D,3D,6D,7D. The summed E-state index contributed by atoms with van der Waals surface area (Å²) in [6.45, 7) is 0. The van der Waals surface area contributed by atoms with Crippen molar-refractivity contribution in [2.75, 3.05) is 0 Å². The fourth-order valence-corrected chi connectivity index (χ4v) is 1.66. The number of para-hydroxylation sites is 1. The monoisotopic (exact) mass is 227 g/mol. The number of fused-ring (bicyclic) bond motifs is 1. The zero-order valence-corrected chi connectivity index (χ0v) is 8.66. The lowest BCUT2D eigenvalue weighted by Gasteiger charge is -2.04. The number of aromatic nitrogens is 2.